The van der Waals surface area contributed by atoms with Gasteiger partial charge in [0.05, 0.1) is 10.5 Å². The summed E-state index contributed by atoms with van der Waals surface area (Å²) in [5, 5.41) is 5.16. The summed E-state index contributed by atoms with van der Waals surface area (Å²) in [6, 6.07) is 4.49. The molecule has 104 valence electrons. The summed E-state index contributed by atoms with van der Waals surface area (Å²) in [7, 11) is -3.83. The Labute approximate surface area is 112 Å². The van der Waals surface area contributed by atoms with Crippen LogP contribution in [0.1, 0.15) is 42.1 Å². The average molecular weight is 283 g/mol. The van der Waals surface area contributed by atoms with Crippen molar-refractivity contribution in [3.05, 3.63) is 29.3 Å². The van der Waals surface area contributed by atoms with Crippen LogP contribution in [0.4, 0.5) is 0 Å². The van der Waals surface area contributed by atoms with Gasteiger partial charge in [0.1, 0.15) is 6.10 Å². The second-order valence-electron chi connectivity index (χ2n) is 4.68. The first kappa shape index (κ1) is 14.0. The lowest BCUT2D eigenvalue weighted by molar-refractivity contribution is 0.00898. The summed E-state index contributed by atoms with van der Waals surface area (Å²) in [5.74, 6) is -0.489. The highest BCUT2D eigenvalue weighted by Gasteiger charge is 2.23. The van der Waals surface area contributed by atoms with Crippen LogP contribution in [-0.4, -0.2) is 20.5 Å². The molecule has 1 aliphatic rings. The number of primary sulfonamides is 1. The summed E-state index contributed by atoms with van der Waals surface area (Å²) in [6.07, 6.45) is 3.32. The van der Waals surface area contributed by atoms with Crippen LogP contribution in [0, 0.1) is 0 Å². The Morgan fingerprint density at radius 2 is 2.11 bits per heavy atom. The van der Waals surface area contributed by atoms with Gasteiger partial charge < -0.3 is 4.74 Å². The molecule has 0 amide bonds. The van der Waals surface area contributed by atoms with Crippen molar-refractivity contribution in [1.82, 2.24) is 0 Å². The van der Waals surface area contributed by atoms with Gasteiger partial charge in [0.15, 0.2) is 0 Å². The monoisotopic (exact) mass is 283 g/mol. The van der Waals surface area contributed by atoms with Crippen molar-refractivity contribution >= 4 is 16.0 Å². The molecule has 19 heavy (non-hydrogen) atoms. The fraction of sp³-hybridized carbons (Fsp3) is 0.462. The van der Waals surface area contributed by atoms with Crippen molar-refractivity contribution in [2.75, 3.05) is 0 Å². The molecular weight excluding hydrogens is 266 g/mol. The highest BCUT2D eigenvalue weighted by molar-refractivity contribution is 7.89. The quantitative estimate of drug-likeness (QED) is 0.850. The fourth-order valence-corrected chi connectivity index (χ4v) is 2.82. The largest absolute Gasteiger partial charge is 0.459 e. The molecular formula is C13H17NO4S. The Balaban J connectivity index is 2.29. The van der Waals surface area contributed by atoms with Crippen LogP contribution in [0.2, 0.25) is 0 Å². The Morgan fingerprint density at radius 3 is 2.58 bits per heavy atom. The molecule has 0 saturated heterocycles. The number of ether oxygens (including phenoxy) is 1. The number of sulfonamides is 1. The average Bonchev–Trinajstić information content (AvgIpc) is 2.31. The number of nitrogens with two attached hydrogens (primary N) is 1. The van der Waals surface area contributed by atoms with E-state index in [2.05, 4.69) is 0 Å². The van der Waals surface area contributed by atoms with Gasteiger partial charge in [0.25, 0.3) is 0 Å². The van der Waals surface area contributed by atoms with Crippen LogP contribution in [-0.2, 0) is 21.2 Å². The van der Waals surface area contributed by atoms with Gasteiger partial charge in [-0.2, -0.15) is 0 Å². The molecule has 0 radical (unpaired) electrons. The lowest BCUT2D eigenvalue weighted by Gasteiger charge is -2.25. The Kier molecular flexibility index (Phi) is 3.91. The summed E-state index contributed by atoms with van der Waals surface area (Å²) in [5.41, 5.74) is 0.829. The predicted molar refractivity (Wildman–Crippen MR) is 70.2 cm³/mol. The summed E-state index contributed by atoms with van der Waals surface area (Å²) >= 11 is 0. The third-order valence-corrected chi connectivity index (χ3v) is 4.31. The van der Waals surface area contributed by atoms with Gasteiger partial charge in [-0.3, -0.25) is 0 Å². The number of carbonyl (C=O) groups excluding carboxylic acids is 1. The molecule has 1 fully saturated rings. The third kappa shape index (κ3) is 3.13. The molecule has 0 spiro atoms. The number of hydrogen-bond acceptors (Lipinski definition) is 4. The van der Waals surface area contributed by atoms with E-state index in [-0.39, 0.29) is 16.6 Å². The van der Waals surface area contributed by atoms with Gasteiger partial charge >= 0.3 is 5.97 Å². The number of rotatable bonds is 4. The number of carbonyl (C=O) groups is 1. The van der Waals surface area contributed by atoms with Crippen molar-refractivity contribution in [3.63, 3.8) is 0 Å². The van der Waals surface area contributed by atoms with Crippen LogP contribution in [0.3, 0.4) is 0 Å². The van der Waals surface area contributed by atoms with E-state index in [4.69, 9.17) is 9.88 Å². The van der Waals surface area contributed by atoms with E-state index in [9.17, 15) is 13.2 Å². The van der Waals surface area contributed by atoms with Crippen molar-refractivity contribution in [2.45, 2.75) is 43.6 Å². The molecule has 1 aromatic carbocycles. The minimum atomic E-state index is -3.83. The van der Waals surface area contributed by atoms with Crippen molar-refractivity contribution in [1.29, 1.82) is 0 Å². The molecule has 0 bridgehead atoms. The highest BCUT2D eigenvalue weighted by Crippen LogP contribution is 2.24. The van der Waals surface area contributed by atoms with Gasteiger partial charge in [-0.1, -0.05) is 13.0 Å². The fourth-order valence-electron chi connectivity index (χ4n) is 1.95. The minimum Gasteiger partial charge on any atom is -0.459 e. The second-order valence-corrected chi connectivity index (χ2v) is 6.21. The first-order valence-electron chi connectivity index (χ1n) is 6.28. The molecule has 1 aliphatic carbocycles. The van der Waals surface area contributed by atoms with E-state index in [1.807, 2.05) is 6.92 Å². The Bertz CT molecular complexity index is 591. The maximum Gasteiger partial charge on any atom is 0.338 e. The predicted octanol–water partition coefficient (Wildman–Crippen LogP) is 1.61. The molecule has 0 aromatic heterocycles. The van der Waals surface area contributed by atoms with Gasteiger partial charge in [-0.25, -0.2) is 18.4 Å². The molecule has 0 aliphatic heterocycles. The normalized spacial score (nSPS) is 15.9. The number of hydrogen-bond donors (Lipinski definition) is 1. The zero-order valence-corrected chi connectivity index (χ0v) is 11.6. The number of aryl methyl sites for hydroxylation is 1. The molecule has 1 aromatic rings. The Hall–Kier alpha value is -1.40. The molecule has 0 heterocycles. The van der Waals surface area contributed by atoms with E-state index >= 15 is 0 Å². The lowest BCUT2D eigenvalue weighted by atomic mass is 9.96. The smallest absolute Gasteiger partial charge is 0.338 e. The molecule has 2 N–H and O–H groups in total. The molecule has 1 saturated carbocycles. The van der Waals surface area contributed by atoms with Gasteiger partial charge in [0, 0.05) is 0 Å². The summed E-state index contributed by atoms with van der Waals surface area (Å²) < 4.78 is 28.2. The standard InChI is InChI=1S/C13H17NO4S/c1-2-9-6-7-10(8-12(9)19(14,16)17)13(15)18-11-4-3-5-11/h6-8,11H,2-5H2,1H3,(H2,14,16,17). The SMILES string of the molecule is CCc1ccc(C(=O)OC2CCC2)cc1S(N)(=O)=O. The van der Waals surface area contributed by atoms with E-state index in [0.29, 0.717) is 12.0 Å². The number of esters is 1. The lowest BCUT2D eigenvalue weighted by Crippen LogP contribution is -2.25. The molecule has 0 unspecified atom stereocenters. The molecule has 0 atom stereocenters. The number of benzene rings is 1. The van der Waals surface area contributed by atoms with E-state index in [0.717, 1.165) is 19.3 Å². The van der Waals surface area contributed by atoms with Crippen LogP contribution in [0.15, 0.2) is 23.1 Å². The van der Waals surface area contributed by atoms with Crippen LogP contribution in [0.5, 0.6) is 0 Å². The minimum absolute atomic E-state index is 0.00180. The van der Waals surface area contributed by atoms with Crippen molar-refractivity contribution < 1.29 is 17.9 Å². The maximum absolute atomic E-state index is 11.9. The van der Waals surface area contributed by atoms with Crippen LogP contribution in [0.25, 0.3) is 0 Å². The van der Waals surface area contributed by atoms with Crippen LogP contribution < -0.4 is 5.14 Å². The molecule has 6 heteroatoms. The van der Waals surface area contributed by atoms with Gasteiger partial charge in [0.2, 0.25) is 10.0 Å². The summed E-state index contributed by atoms with van der Waals surface area (Å²) in [4.78, 5) is 11.9. The van der Waals surface area contributed by atoms with E-state index < -0.39 is 16.0 Å². The highest BCUT2D eigenvalue weighted by atomic mass is 32.2. The van der Waals surface area contributed by atoms with Gasteiger partial charge in [-0.15, -0.1) is 0 Å². The van der Waals surface area contributed by atoms with Gasteiger partial charge in [-0.05, 0) is 43.4 Å². The third-order valence-electron chi connectivity index (χ3n) is 3.32. The first-order chi connectivity index (χ1) is 8.91. The maximum atomic E-state index is 11.9. The van der Waals surface area contributed by atoms with Crippen molar-refractivity contribution in [3.8, 4) is 0 Å². The zero-order chi connectivity index (χ0) is 14.0. The van der Waals surface area contributed by atoms with Crippen molar-refractivity contribution in [2.24, 2.45) is 5.14 Å². The Morgan fingerprint density at radius 1 is 1.42 bits per heavy atom. The van der Waals surface area contributed by atoms with E-state index in [1.165, 1.54) is 6.07 Å². The molecule has 2 rings (SSSR count). The van der Waals surface area contributed by atoms with Crippen LogP contribution >= 0.6 is 0 Å². The summed E-state index contributed by atoms with van der Waals surface area (Å²) in [6.45, 7) is 1.83. The second kappa shape index (κ2) is 5.30. The van der Waals surface area contributed by atoms with E-state index in [1.54, 1.807) is 12.1 Å². The zero-order valence-electron chi connectivity index (χ0n) is 10.8. The topological polar surface area (TPSA) is 86.5 Å². The first-order valence-corrected chi connectivity index (χ1v) is 7.83. The molecule has 5 nitrogen and oxygen atoms in total.